The normalized spacial score (nSPS) is 13.5. The molecule has 0 rings (SSSR count). The zero-order valence-corrected chi connectivity index (χ0v) is 49.1. The molecule has 0 aliphatic carbocycles. The van der Waals surface area contributed by atoms with Crippen LogP contribution in [0.25, 0.3) is 0 Å². The van der Waals surface area contributed by atoms with Crippen LogP contribution in [0, 0.1) is 0 Å². The van der Waals surface area contributed by atoms with Crippen LogP contribution in [0.4, 0.5) is 0 Å². The zero-order valence-electron chi connectivity index (χ0n) is 49.1. The summed E-state index contributed by atoms with van der Waals surface area (Å²) >= 11 is 0. The third kappa shape index (κ3) is 59.9. The Balaban J connectivity index is 3.56. The Hall–Kier alpha value is -2.95. The van der Waals surface area contributed by atoms with Crippen LogP contribution >= 0.6 is 0 Å². The molecular formula is C70H123NO3. The number of aliphatic hydroxyl groups excluding tert-OH is 2. The number of carbonyl (C=O) groups is 1. The van der Waals surface area contributed by atoms with Crippen molar-refractivity contribution in [1.29, 1.82) is 0 Å². The van der Waals surface area contributed by atoms with Crippen LogP contribution in [0.5, 0.6) is 0 Å². The summed E-state index contributed by atoms with van der Waals surface area (Å²) in [5, 5.41) is 23.2. The lowest BCUT2D eigenvalue weighted by Crippen LogP contribution is -2.45. The van der Waals surface area contributed by atoms with E-state index < -0.39 is 12.1 Å². The largest absolute Gasteiger partial charge is 0.394 e. The summed E-state index contributed by atoms with van der Waals surface area (Å²) in [6.07, 6.45) is 97.1. The summed E-state index contributed by atoms with van der Waals surface area (Å²) in [6.45, 7) is 4.20. The van der Waals surface area contributed by atoms with Crippen molar-refractivity contribution in [2.24, 2.45) is 0 Å². The molecule has 4 heteroatoms. The van der Waals surface area contributed by atoms with E-state index >= 15 is 0 Å². The van der Waals surface area contributed by atoms with Crippen LogP contribution in [0.2, 0.25) is 0 Å². The van der Waals surface area contributed by atoms with Gasteiger partial charge in [-0.2, -0.15) is 0 Å². The minimum atomic E-state index is -0.872. The van der Waals surface area contributed by atoms with Crippen molar-refractivity contribution in [2.45, 2.75) is 321 Å². The molecule has 0 aromatic carbocycles. The Morgan fingerprint density at radius 2 is 0.608 bits per heavy atom. The quantitative estimate of drug-likeness (QED) is 0.0420. The molecule has 3 N–H and O–H groups in total. The van der Waals surface area contributed by atoms with Crippen molar-refractivity contribution < 1.29 is 15.0 Å². The Kier molecular flexibility index (Phi) is 61.8. The first-order valence-corrected chi connectivity index (χ1v) is 32.1. The highest BCUT2D eigenvalue weighted by atomic mass is 16.3. The molecule has 0 saturated heterocycles. The number of unbranched alkanes of at least 4 members (excludes halogenated alkanes) is 35. The molecule has 0 aliphatic rings. The first-order valence-electron chi connectivity index (χ1n) is 32.1. The molecule has 0 aliphatic heterocycles. The molecule has 0 aromatic heterocycles. The summed E-state index contributed by atoms with van der Waals surface area (Å²) in [7, 11) is 0. The number of carbonyl (C=O) groups excluding carboxylic acids is 1. The number of nitrogens with one attached hydrogen (secondary N) is 1. The van der Waals surface area contributed by atoms with Gasteiger partial charge in [-0.25, -0.2) is 0 Å². The smallest absolute Gasteiger partial charge is 0.220 e. The molecule has 0 spiro atoms. The standard InChI is InChI=1S/C70H123NO3/c1-3-5-7-9-11-13-15-17-19-21-23-25-27-29-31-33-34-35-36-38-40-42-44-46-48-50-52-54-56-58-60-62-64-66-70(74)71-68(67-72)69(73)65-63-61-59-57-55-53-51-49-47-45-43-41-39-37-32-30-28-26-24-22-20-18-16-14-12-10-8-6-4-2/h5,7,11,13,17,19,23,25,29,31,34-35,38,40,55,57,63,65,68-69,72-73H,3-4,6,8-10,12,14-16,18,20-22,24,26-28,30,32-33,36-37,39,41-54,56,58-62,64,66-67H2,1-2H3,(H,71,74)/b7-5-,13-11-,19-17-,25-23-,31-29-,35-34-,40-38-,57-55+,65-63+. The molecular weight excluding hydrogens is 903 g/mol. The van der Waals surface area contributed by atoms with Gasteiger partial charge in [0.1, 0.15) is 0 Å². The van der Waals surface area contributed by atoms with E-state index in [9.17, 15) is 15.0 Å². The summed E-state index contributed by atoms with van der Waals surface area (Å²) in [4.78, 5) is 12.5. The van der Waals surface area contributed by atoms with Crippen molar-refractivity contribution in [3.63, 3.8) is 0 Å². The second-order valence-electron chi connectivity index (χ2n) is 21.4. The van der Waals surface area contributed by atoms with E-state index in [-0.39, 0.29) is 12.5 Å². The number of aliphatic hydroxyl groups is 2. The maximum atomic E-state index is 12.5. The maximum absolute atomic E-state index is 12.5. The molecule has 74 heavy (non-hydrogen) atoms. The number of amides is 1. The van der Waals surface area contributed by atoms with Crippen LogP contribution in [0.15, 0.2) is 109 Å². The summed E-state index contributed by atoms with van der Waals surface area (Å²) < 4.78 is 0. The highest BCUT2D eigenvalue weighted by molar-refractivity contribution is 5.76. The molecule has 2 unspecified atom stereocenters. The first kappa shape index (κ1) is 71.0. The van der Waals surface area contributed by atoms with Gasteiger partial charge in [0, 0.05) is 6.42 Å². The SMILES string of the molecule is CC/C=C\C/C=C\C/C=C\C/C=C\C/C=C\C/C=C\C/C=C\CCCCCCCCCCCCCC(=O)NC(CO)C(O)/C=C/CC/C=C/CCCCCCCCCCCCCCCCCCCCCCCCC. The molecule has 0 radical (unpaired) electrons. The third-order valence-corrected chi connectivity index (χ3v) is 14.2. The van der Waals surface area contributed by atoms with Crippen molar-refractivity contribution >= 4 is 5.91 Å². The number of allylic oxidation sites excluding steroid dienone is 17. The van der Waals surface area contributed by atoms with Crippen LogP contribution in [0.3, 0.4) is 0 Å². The van der Waals surface area contributed by atoms with Crippen LogP contribution in [0.1, 0.15) is 309 Å². The van der Waals surface area contributed by atoms with Crippen LogP contribution < -0.4 is 5.32 Å². The fourth-order valence-corrected chi connectivity index (χ4v) is 9.41. The monoisotopic (exact) mass is 1030 g/mol. The van der Waals surface area contributed by atoms with Crippen LogP contribution in [-0.2, 0) is 4.79 Å². The summed E-state index contributed by atoms with van der Waals surface area (Å²) in [5.74, 6) is -0.0783. The molecule has 0 heterocycles. The number of hydrogen-bond acceptors (Lipinski definition) is 3. The number of rotatable bonds is 58. The molecule has 0 aromatic rings. The Labute approximate surface area is 461 Å². The Morgan fingerprint density at radius 3 is 0.946 bits per heavy atom. The highest BCUT2D eigenvalue weighted by Crippen LogP contribution is 2.17. The van der Waals surface area contributed by atoms with Crippen molar-refractivity contribution in [1.82, 2.24) is 5.32 Å². The second-order valence-corrected chi connectivity index (χ2v) is 21.4. The van der Waals surface area contributed by atoms with Gasteiger partial charge < -0.3 is 15.5 Å². The van der Waals surface area contributed by atoms with E-state index in [2.05, 4.69) is 116 Å². The van der Waals surface area contributed by atoms with Crippen molar-refractivity contribution in [3.05, 3.63) is 109 Å². The van der Waals surface area contributed by atoms with Gasteiger partial charge in [-0.05, 0) is 89.9 Å². The predicted octanol–water partition coefficient (Wildman–Crippen LogP) is 21.8. The summed E-state index contributed by atoms with van der Waals surface area (Å²) in [6, 6.07) is -0.649. The highest BCUT2D eigenvalue weighted by Gasteiger charge is 2.18. The van der Waals surface area contributed by atoms with E-state index in [1.165, 1.54) is 212 Å². The van der Waals surface area contributed by atoms with Gasteiger partial charge >= 0.3 is 0 Å². The zero-order chi connectivity index (χ0) is 53.4. The average Bonchev–Trinajstić information content (AvgIpc) is 3.40. The number of hydrogen-bond donors (Lipinski definition) is 3. The van der Waals surface area contributed by atoms with Gasteiger partial charge in [-0.1, -0.05) is 322 Å². The molecule has 1 amide bonds. The molecule has 0 saturated carbocycles. The van der Waals surface area contributed by atoms with Gasteiger partial charge in [0.2, 0.25) is 5.91 Å². The lowest BCUT2D eigenvalue weighted by molar-refractivity contribution is -0.123. The fourth-order valence-electron chi connectivity index (χ4n) is 9.41. The van der Waals surface area contributed by atoms with Crippen molar-refractivity contribution in [2.75, 3.05) is 6.61 Å². The molecule has 2 atom stereocenters. The minimum absolute atomic E-state index is 0.0783. The minimum Gasteiger partial charge on any atom is -0.394 e. The summed E-state index contributed by atoms with van der Waals surface area (Å²) in [5.41, 5.74) is 0. The van der Waals surface area contributed by atoms with Crippen molar-refractivity contribution in [3.8, 4) is 0 Å². The molecule has 4 nitrogen and oxygen atoms in total. The van der Waals surface area contributed by atoms with Gasteiger partial charge in [-0.3, -0.25) is 4.79 Å². The topological polar surface area (TPSA) is 69.6 Å². The Bertz CT molecular complexity index is 1400. The van der Waals surface area contributed by atoms with E-state index in [1.54, 1.807) is 6.08 Å². The second kappa shape index (κ2) is 64.3. The fraction of sp³-hybridized carbons (Fsp3) is 0.729. The lowest BCUT2D eigenvalue weighted by Gasteiger charge is -2.19. The van der Waals surface area contributed by atoms with Gasteiger partial charge in [-0.15, -0.1) is 0 Å². The molecule has 426 valence electrons. The molecule has 0 bridgehead atoms. The van der Waals surface area contributed by atoms with Crippen LogP contribution in [-0.4, -0.2) is 34.9 Å². The van der Waals surface area contributed by atoms with E-state index in [1.807, 2.05) is 6.08 Å². The Morgan fingerprint density at radius 1 is 0.338 bits per heavy atom. The van der Waals surface area contributed by atoms with E-state index in [4.69, 9.17) is 0 Å². The van der Waals surface area contributed by atoms with E-state index in [0.717, 1.165) is 77.0 Å². The average molecular weight is 1030 g/mol. The maximum Gasteiger partial charge on any atom is 0.220 e. The third-order valence-electron chi connectivity index (χ3n) is 14.2. The molecule has 0 fully saturated rings. The van der Waals surface area contributed by atoms with Gasteiger partial charge in [0.05, 0.1) is 18.8 Å². The van der Waals surface area contributed by atoms with Gasteiger partial charge in [0.15, 0.2) is 0 Å². The van der Waals surface area contributed by atoms with Gasteiger partial charge in [0.25, 0.3) is 0 Å². The first-order chi connectivity index (χ1) is 36.7. The lowest BCUT2D eigenvalue weighted by atomic mass is 10.0. The predicted molar refractivity (Wildman–Crippen MR) is 331 cm³/mol. The van der Waals surface area contributed by atoms with E-state index in [0.29, 0.717) is 6.42 Å².